The second-order valence-electron chi connectivity index (χ2n) is 9.20. The largest absolute Gasteiger partial charge is 0.244 e. The maximum absolute atomic E-state index is 6.32. The van der Waals surface area contributed by atoms with Gasteiger partial charge in [0.25, 0.3) is 0 Å². The van der Waals surface area contributed by atoms with Gasteiger partial charge in [-0.15, -0.1) is 0 Å². The molecule has 0 spiro atoms. The molecule has 0 bridgehead atoms. The summed E-state index contributed by atoms with van der Waals surface area (Å²) in [5, 5.41) is 0.741. The Balaban J connectivity index is 2.45. The van der Waals surface area contributed by atoms with Gasteiger partial charge in [-0.1, -0.05) is 138 Å². The van der Waals surface area contributed by atoms with Crippen LogP contribution in [0.5, 0.6) is 0 Å². The molecule has 4 heteroatoms. The Morgan fingerprint density at radius 3 is 1.71 bits per heavy atom. The average molecular weight is 561 g/mol. The molecule has 0 unspecified atom stereocenters. The van der Waals surface area contributed by atoms with Crippen LogP contribution < -0.4 is 16.4 Å². The summed E-state index contributed by atoms with van der Waals surface area (Å²) >= 11 is 14.0. The molecule has 0 aliphatic carbocycles. The summed E-state index contributed by atoms with van der Waals surface area (Å²) in [5.74, 6) is 1.33. The molecule has 0 saturated heterocycles. The van der Waals surface area contributed by atoms with Crippen molar-refractivity contribution in [3.05, 3.63) is 85.3 Å². The van der Waals surface area contributed by atoms with E-state index in [2.05, 4.69) is 116 Å². The Labute approximate surface area is 210 Å². The first-order valence-electron chi connectivity index (χ1n) is 11.0. The molecule has 0 N–H and O–H groups in total. The van der Waals surface area contributed by atoms with Gasteiger partial charge in [-0.2, -0.15) is 0 Å². The van der Waals surface area contributed by atoms with Crippen LogP contribution in [0.1, 0.15) is 76.0 Å². The zero-order valence-corrected chi connectivity index (χ0v) is 23.1. The zero-order chi connectivity index (χ0) is 22.9. The van der Waals surface area contributed by atoms with Gasteiger partial charge in [0, 0.05) is 14.0 Å². The van der Waals surface area contributed by atoms with Crippen molar-refractivity contribution >= 4 is 66.6 Å². The molecule has 31 heavy (non-hydrogen) atoms. The fraction of sp³-hybridized carbons (Fsp3) is 0.333. The molecule has 162 valence electrons. The van der Waals surface area contributed by atoms with Gasteiger partial charge in [-0.3, -0.25) is 0 Å². The van der Waals surface area contributed by atoms with Crippen molar-refractivity contribution in [2.75, 3.05) is 0 Å². The SMILES string of the molecule is CC(C)c1cc(C(C)C)c(B(c2ccccc2Br)c2ccc(Cl)cc2Br)c(C(C)C)c1. The summed E-state index contributed by atoms with van der Waals surface area (Å²) in [6.45, 7) is 13.9. The zero-order valence-electron chi connectivity index (χ0n) is 19.1. The third kappa shape index (κ3) is 5.32. The summed E-state index contributed by atoms with van der Waals surface area (Å²) in [6, 6.07) is 19.6. The van der Waals surface area contributed by atoms with Gasteiger partial charge in [0.2, 0.25) is 6.71 Å². The van der Waals surface area contributed by atoms with Crippen LogP contribution in [-0.4, -0.2) is 6.71 Å². The number of hydrogen-bond donors (Lipinski definition) is 0. The van der Waals surface area contributed by atoms with Gasteiger partial charge in [-0.25, -0.2) is 0 Å². The lowest BCUT2D eigenvalue weighted by Crippen LogP contribution is -2.55. The van der Waals surface area contributed by atoms with Crippen LogP contribution in [0, 0.1) is 0 Å². The first kappa shape index (κ1) is 24.6. The highest BCUT2D eigenvalue weighted by Gasteiger charge is 2.32. The molecule has 0 radical (unpaired) electrons. The van der Waals surface area contributed by atoms with Crippen LogP contribution in [0.25, 0.3) is 0 Å². The summed E-state index contributed by atoms with van der Waals surface area (Å²) in [5.41, 5.74) is 8.19. The van der Waals surface area contributed by atoms with Crippen molar-refractivity contribution in [3.63, 3.8) is 0 Å². The lowest BCUT2D eigenvalue weighted by molar-refractivity contribution is 0.812. The highest BCUT2D eigenvalue weighted by Crippen LogP contribution is 2.28. The van der Waals surface area contributed by atoms with Crippen LogP contribution in [0.4, 0.5) is 0 Å². The monoisotopic (exact) mass is 558 g/mol. The minimum absolute atomic E-state index is 0.0956. The molecule has 0 heterocycles. The molecule has 0 saturated carbocycles. The second kappa shape index (κ2) is 10.3. The topological polar surface area (TPSA) is 0 Å². The van der Waals surface area contributed by atoms with E-state index in [0.29, 0.717) is 17.8 Å². The van der Waals surface area contributed by atoms with Crippen LogP contribution in [0.2, 0.25) is 5.02 Å². The van der Waals surface area contributed by atoms with E-state index in [0.717, 1.165) is 14.0 Å². The molecule has 0 fully saturated rings. The Morgan fingerprint density at radius 2 is 1.23 bits per heavy atom. The minimum Gasteiger partial charge on any atom is -0.0843 e. The predicted octanol–water partition coefficient (Wildman–Crippen LogP) is 7.75. The third-order valence-electron chi connectivity index (χ3n) is 5.96. The molecule has 3 aromatic carbocycles. The highest BCUT2D eigenvalue weighted by atomic mass is 79.9. The van der Waals surface area contributed by atoms with E-state index in [9.17, 15) is 0 Å². The van der Waals surface area contributed by atoms with E-state index in [1.54, 1.807) is 0 Å². The van der Waals surface area contributed by atoms with Gasteiger partial charge in [0.05, 0.1) is 0 Å². The summed E-state index contributed by atoms with van der Waals surface area (Å²) in [7, 11) is 0. The summed E-state index contributed by atoms with van der Waals surface area (Å²) in [6.07, 6.45) is 0. The third-order valence-corrected chi connectivity index (χ3v) is 7.60. The van der Waals surface area contributed by atoms with E-state index in [1.165, 1.54) is 33.1 Å². The van der Waals surface area contributed by atoms with Gasteiger partial charge in [0.1, 0.15) is 0 Å². The Kier molecular flexibility index (Phi) is 8.16. The highest BCUT2D eigenvalue weighted by molar-refractivity contribution is 9.11. The fourth-order valence-corrected chi connectivity index (χ4v) is 5.69. The van der Waals surface area contributed by atoms with E-state index in [-0.39, 0.29) is 6.71 Å². The number of halogens is 3. The molecule has 0 amide bonds. The Morgan fingerprint density at radius 1 is 0.677 bits per heavy atom. The van der Waals surface area contributed by atoms with Crippen molar-refractivity contribution in [3.8, 4) is 0 Å². The smallest absolute Gasteiger partial charge is 0.0843 e. The van der Waals surface area contributed by atoms with Crippen LogP contribution in [0.3, 0.4) is 0 Å². The van der Waals surface area contributed by atoms with E-state index < -0.39 is 0 Å². The molecule has 0 aliphatic rings. The van der Waals surface area contributed by atoms with Gasteiger partial charge >= 0.3 is 0 Å². The maximum Gasteiger partial charge on any atom is 0.244 e. The van der Waals surface area contributed by atoms with Crippen LogP contribution in [0.15, 0.2) is 63.5 Å². The van der Waals surface area contributed by atoms with E-state index in [1.807, 2.05) is 12.1 Å². The van der Waals surface area contributed by atoms with Crippen LogP contribution >= 0.6 is 43.5 Å². The van der Waals surface area contributed by atoms with Crippen molar-refractivity contribution in [2.45, 2.75) is 59.3 Å². The van der Waals surface area contributed by atoms with Crippen molar-refractivity contribution in [1.82, 2.24) is 0 Å². The Hall–Kier alpha value is -1.03. The lowest BCUT2D eigenvalue weighted by Gasteiger charge is -2.29. The first-order valence-corrected chi connectivity index (χ1v) is 12.9. The van der Waals surface area contributed by atoms with Crippen LogP contribution in [-0.2, 0) is 0 Å². The molecule has 3 aromatic rings. The first-order chi connectivity index (χ1) is 14.6. The quantitative estimate of drug-likeness (QED) is 0.271. The molecular formula is C27H30BBr2Cl. The van der Waals surface area contributed by atoms with Crippen molar-refractivity contribution in [1.29, 1.82) is 0 Å². The predicted molar refractivity (Wildman–Crippen MR) is 147 cm³/mol. The maximum atomic E-state index is 6.32. The number of rotatable bonds is 6. The average Bonchev–Trinajstić information content (AvgIpc) is 2.70. The van der Waals surface area contributed by atoms with E-state index >= 15 is 0 Å². The summed E-state index contributed by atoms with van der Waals surface area (Å²) in [4.78, 5) is 0. The molecule has 0 nitrogen and oxygen atoms in total. The number of benzene rings is 3. The fourth-order valence-electron chi connectivity index (χ4n) is 4.27. The standard InChI is InChI=1S/C27H30BBr2Cl/c1-16(2)19-13-21(17(3)4)27(22(14-19)18(5)6)28(23-9-7-8-10-25(23)29)24-12-11-20(31)15-26(24)30/h7-18H,1-6H3. The van der Waals surface area contributed by atoms with E-state index in [4.69, 9.17) is 11.6 Å². The molecule has 3 rings (SSSR count). The lowest BCUT2D eigenvalue weighted by atomic mass is 9.34. The Bertz CT molecular complexity index is 1040. The molecule has 0 atom stereocenters. The van der Waals surface area contributed by atoms with Gasteiger partial charge in [-0.05, 0) is 52.6 Å². The van der Waals surface area contributed by atoms with Gasteiger partial charge in [0.15, 0.2) is 0 Å². The molecule has 0 aliphatic heterocycles. The second-order valence-corrected chi connectivity index (χ2v) is 11.3. The van der Waals surface area contributed by atoms with Gasteiger partial charge < -0.3 is 0 Å². The molecule has 0 aromatic heterocycles. The summed E-state index contributed by atoms with van der Waals surface area (Å²) < 4.78 is 2.16. The number of hydrogen-bond acceptors (Lipinski definition) is 0. The van der Waals surface area contributed by atoms with Crippen molar-refractivity contribution < 1.29 is 0 Å². The normalized spacial score (nSPS) is 11.6. The minimum atomic E-state index is 0.0956. The van der Waals surface area contributed by atoms with Crippen molar-refractivity contribution in [2.24, 2.45) is 0 Å². The molecular weight excluding hydrogens is 530 g/mol.